The summed E-state index contributed by atoms with van der Waals surface area (Å²) in [6.45, 7) is 7.12. The maximum Gasteiger partial charge on any atom is 0.191 e. The van der Waals surface area contributed by atoms with Crippen molar-refractivity contribution in [1.82, 2.24) is 15.6 Å². The molecule has 3 rings (SSSR count). The number of ether oxygens (including phenoxy) is 2. The molecule has 2 N–H and O–H groups in total. The van der Waals surface area contributed by atoms with Crippen molar-refractivity contribution in [3.63, 3.8) is 0 Å². The number of aromatic nitrogens is 1. The number of rotatable bonds is 9. The van der Waals surface area contributed by atoms with E-state index in [2.05, 4.69) is 37.6 Å². The van der Waals surface area contributed by atoms with Gasteiger partial charge in [0.2, 0.25) is 0 Å². The summed E-state index contributed by atoms with van der Waals surface area (Å²) >= 11 is 0. The summed E-state index contributed by atoms with van der Waals surface area (Å²) in [6, 6.07) is 4.23. The fourth-order valence-corrected chi connectivity index (χ4v) is 3.44. The van der Waals surface area contributed by atoms with E-state index in [0.29, 0.717) is 5.92 Å². The first-order chi connectivity index (χ1) is 13.3. The standard InChI is InChI=1S/C20H33N5O2/c1-21-20(23-7-4-11-26-15-18-6-12-27-16-18)24-14-17-5-8-22-19(13-17)25-9-2-3-10-25/h5,8,13,18H,2-4,6-7,9-12,14-16H2,1H3,(H2,21,23,24). The summed E-state index contributed by atoms with van der Waals surface area (Å²) in [5.74, 6) is 2.48. The lowest BCUT2D eigenvalue weighted by Crippen LogP contribution is -2.37. The Labute approximate surface area is 162 Å². The lowest BCUT2D eigenvalue weighted by molar-refractivity contribution is 0.0888. The molecule has 0 radical (unpaired) electrons. The van der Waals surface area contributed by atoms with Gasteiger partial charge in [-0.3, -0.25) is 4.99 Å². The molecular weight excluding hydrogens is 342 g/mol. The van der Waals surface area contributed by atoms with E-state index < -0.39 is 0 Å². The van der Waals surface area contributed by atoms with E-state index in [1.54, 1.807) is 7.05 Å². The Morgan fingerprint density at radius 2 is 2.26 bits per heavy atom. The van der Waals surface area contributed by atoms with E-state index in [1.807, 2.05) is 6.20 Å². The summed E-state index contributed by atoms with van der Waals surface area (Å²) in [6.07, 6.45) is 6.51. The quantitative estimate of drug-likeness (QED) is 0.390. The first-order valence-electron chi connectivity index (χ1n) is 10.1. The van der Waals surface area contributed by atoms with Crippen molar-refractivity contribution in [2.45, 2.75) is 32.2 Å². The molecule has 0 bridgehead atoms. The zero-order valence-corrected chi connectivity index (χ0v) is 16.5. The second-order valence-corrected chi connectivity index (χ2v) is 7.23. The molecule has 150 valence electrons. The van der Waals surface area contributed by atoms with Gasteiger partial charge in [-0.05, 0) is 43.4 Å². The molecule has 0 amide bonds. The molecule has 1 atom stereocenters. The first kappa shape index (κ1) is 19.9. The van der Waals surface area contributed by atoms with Crippen LogP contribution in [0.3, 0.4) is 0 Å². The largest absolute Gasteiger partial charge is 0.381 e. The molecule has 1 aromatic heterocycles. The number of guanidine groups is 1. The van der Waals surface area contributed by atoms with Crippen LogP contribution in [0.5, 0.6) is 0 Å². The summed E-state index contributed by atoms with van der Waals surface area (Å²) in [5, 5.41) is 6.72. The molecule has 0 aliphatic carbocycles. The van der Waals surface area contributed by atoms with E-state index in [9.17, 15) is 0 Å². The minimum atomic E-state index is 0.582. The van der Waals surface area contributed by atoms with Gasteiger partial charge in [-0.2, -0.15) is 0 Å². The highest BCUT2D eigenvalue weighted by Gasteiger charge is 2.15. The van der Waals surface area contributed by atoms with Gasteiger partial charge >= 0.3 is 0 Å². The average molecular weight is 376 g/mol. The van der Waals surface area contributed by atoms with Crippen LogP contribution in [0.4, 0.5) is 5.82 Å². The van der Waals surface area contributed by atoms with Gasteiger partial charge in [-0.25, -0.2) is 4.98 Å². The number of nitrogens with zero attached hydrogens (tertiary/aromatic N) is 3. The third kappa shape index (κ3) is 6.66. The summed E-state index contributed by atoms with van der Waals surface area (Å²) in [7, 11) is 1.80. The van der Waals surface area contributed by atoms with Gasteiger partial charge in [0.05, 0.1) is 13.2 Å². The number of hydrogen-bond acceptors (Lipinski definition) is 5. The highest BCUT2D eigenvalue weighted by Crippen LogP contribution is 2.18. The van der Waals surface area contributed by atoms with Gasteiger partial charge in [0, 0.05) is 58.6 Å². The van der Waals surface area contributed by atoms with Crippen LogP contribution < -0.4 is 15.5 Å². The molecule has 2 aliphatic heterocycles. The molecule has 27 heavy (non-hydrogen) atoms. The van der Waals surface area contributed by atoms with Gasteiger partial charge in [-0.1, -0.05) is 0 Å². The van der Waals surface area contributed by atoms with Gasteiger partial charge in [0.15, 0.2) is 5.96 Å². The lowest BCUT2D eigenvalue weighted by atomic mass is 10.1. The SMILES string of the molecule is CN=C(NCCCOCC1CCOC1)NCc1ccnc(N2CCCC2)c1. The van der Waals surface area contributed by atoms with Crippen LogP contribution in [0.2, 0.25) is 0 Å². The maximum absolute atomic E-state index is 5.73. The molecule has 1 unspecified atom stereocenters. The second kappa shape index (κ2) is 11.1. The second-order valence-electron chi connectivity index (χ2n) is 7.23. The van der Waals surface area contributed by atoms with Crippen LogP contribution in [0.1, 0.15) is 31.2 Å². The molecule has 0 aromatic carbocycles. The van der Waals surface area contributed by atoms with E-state index in [0.717, 1.165) is 77.2 Å². The molecule has 7 nitrogen and oxygen atoms in total. The Morgan fingerprint density at radius 1 is 1.37 bits per heavy atom. The highest BCUT2D eigenvalue weighted by atomic mass is 16.5. The number of nitrogens with one attached hydrogen (secondary N) is 2. The van der Waals surface area contributed by atoms with Crippen molar-refractivity contribution < 1.29 is 9.47 Å². The number of anilines is 1. The number of pyridine rings is 1. The summed E-state index contributed by atoms with van der Waals surface area (Å²) < 4.78 is 11.1. The summed E-state index contributed by atoms with van der Waals surface area (Å²) in [4.78, 5) is 11.2. The molecule has 2 aliphatic rings. The van der Waals surface area contributed by atoms with Gasteiger partial charge in [-0.15, -0.1) is 0 Å². The first-order valence-corrected chi connectivity index (χ1v) is 10.1. The van der Waals surface area contributed by atoms with Crippen molar-refractivity contribution >= 4 is 11.8 Å². The van der Waals surface area contributed by atoms with Gasteiger partial charge in [0.1, 0.15) is 5.82 Å². The normalized spacial score (nSPS) is 20.3. The predicted molar refractivity (Wildman–Crippen MR) is 108 cm³/mol. The molecule has 1 aromatic rings. The Kier molecular flexibility index (Phi) is 8.17. The minimum Gasteiger partial charge on any atom is -0.381 e. The Morgan fingerprint density at radius 3 is 3.04 bits per heavy atom. The van der Waals surface area contributed by atoms with Crippen LogP contribution in [-0.4, -0.2) is 64.1 Å². The molecular formula is C20H33N5O2. The van der Waals surface area contributed by atoms with Crippen molar-refractivity contribution in [3.05, 3.63) is 23.9 Å². The minimum absolute atomic E-state index is 0.582. The summed E-state index contributed by atoms with van der Waals surface area (Å²) in [5.41, 5.74) is 1.22. The Hall–Kier alpha value is -1.86. The fraction of sp³-hybridized carbons (Fsp3) is 0.700. The Balaban J connectivity index is 1.31. The average Bonchev–Trinajstić information content (AvgIpc) is 3.41. The monoisotopic (exact) mass is 375 g/mol. The van der Waals surface area contributed by atoms with E-state index >= 15 is 0 Å². The lowest BCUT2D eigenvalue weighted by Gasteiger charge is -2.17. The third-order valence-corrected chi connectivity index (χ3v) is 5.06. The van der Waals surface area contributed by atoms with Crippen molar-refractivity contribution in [2.24, 2.45) is 10.9 Å². The highest BCUT2D eigenvalue weighted by molar-refractivity contribution is 5.79. The van der Waals surface area contributed by atoms with Gasteiger partial charge in [0.25, 0.3) is 0 Å². The number of aliphatic imine (C=N–C) groups is 1. The fourth-order valence-electron chi connectivity index (χ4n) is 3.44. The molecule has 0 saturated carbocycles. The Bertz CT molecular complexity index is 583. The molecule has 0 spiro atoms. The smallest absolute Gasteiger partial charge is 0.191 e. The third-order valence-electron chi connectivity index (χ3n) is 5.06. The van der Waals surface area contributed by atoms with E-state index in [1.165, 1.54) is 18.4 Å². The van der Waals surface area contributed by atoms with E-state index in [4.69, 9.17) is 9.47 Å². The van der Waals surface area contributed by atoms with Crippen LogP contribution >= 0.6 is 0 Å². The van der Waals surface area contributed by atoms with Crippen LogP contribution in [0.15, 0.2) is 23.3 Å². The van der Waals surface area contributed by atoms with Crippen LogP contribution in [-0.2, 0) is 16.0 Å². The molecule has 7 heteroatoms. The zero-order valence-electron chi connectivity index (χ0n) is 16.5. The van der Waals surface area contributed by atoms with Crippen molar-refractivity contribution in [3.8, 4) is 0 Å². The molecule has 2 fully saturated rings. The van der Waals surface area contributed by atoms with Crippen molar-refractivity contribution in [1.29, 1.82) is 0 Å². The van der Waals surface area contributed by atoms with Crippen molar-refractivity contribution in [2.75, 3.05) is 58.0 Å². The van der Waals surface area contributed by atoms with Gasteiger partial charge < -0.3 is 25.0 Å². The predicted octanol–water partition coefficient (Wildman–Crippen LogP) is 1.79. The van der Waals surface area contributed by atoms with E-state index in [-0.39, 0.29) is 0 Å². The topological polar surface area (TPSA) is 71.0 Å². The van der Waals surface area contributed by atoms with Crippen LogP contribution in [0, 0.1) is 5.92 Å². The molecule has 3 heterocycles. The maximum atomic E-state index is 5.73. The number of hydrogen-bond donors (Lipinski definition) is 2. The zero-order chi connectivity index (χ0) is 18.7. The van der Waals surface area contributed by atoms with Crippen LogP contribution in [0.25, 0.3) is 0 Å². The molecule has 2 saturated heterocycles.